The van der Waals surface area contributed by atoms with Crippen LogP contribution in [0.15, 0.2) is 27.5 Å². The van der Waals surface area contributed by atoms with Gasteiger partial charge in [-0.25, -0.2) is 9.50 Å². The lowest BCUT2D eigenvalue weighted by Crippen LogP contribution is -2.34. The van der Waals surface area contributed by atoms with E-state index in [1.165, 1.54) is 4.52 Å². The van der Waals surface area contributed by atoms with E-state index in [9.17, 15) is 4.79 Å². The van der Waals surface area contributed by atoms with E-state index in [0.29, 0.717) is 5.65 Å². The predicted octanol–water partition coefficient (Wildman–Crippen LogP) is 2.35. The SMILES string of the molecule is Cc1cc2nc(C3CCCCN3Cc3cc(C)on3)cc(=O)n2[nH]1. The van der Waals surface area contributed by atoms with Crippen LogP contribution >= 0.6 is 0 Å². The summed E-state index contributed by atoms with van der Waals surface area (Å²) in [5.41, 5.74) is 3.31. The number of fused-ring (bicyclic) bond motifs is 1. The fraction of sp³-hybridized carbons (Fsp3) is 0.471. The van der Waals surface area contributed by atoms with Gasteiger partial charge in [-0.15, -0.1) is 0 Å². The number of aromatic nitrogens is 4. The van der Waals surface area contributed by atoms with E-state index in [-0.39, 0.29) is 11.6 Å². The largest absolute Gasteiger partial charge is 0.361 e. The van der Waals surface area contributed by atoms with Gasteiger partial charge in [0.25, 0.3) is 5.56 Å². The Morgan fingerprint density at radius 1 is 1.29 bits per heavy atom. The minimum Gasteiger partial charge on any atom is -0.361 e. The van der Waals surface area contributed by atoms with Crippen molar-refractivity contribution in [2.24, 2.45) is 0 Å². The first-order valence-corrected chi connectivity index (χ1v) is 8.36. The van der Waals surface area contributed by atoms with Crippen LogP contribution in [-0.2, 0) is 6.54 Å². The highest BCUT2D eigenvalue weighted by Gasteiger charge is 2.26. The second kappa shape index (κ2) is 5.90. The van der Waals surface area contributed by atoms with Crippen molar-refractivity contribution in [2.45, 2.75) is 45.7 Å². The van der Waals surface area contributed by atoms with Crippen LogP contribution in [0.5, 0.6) is 0 Å². The molecule has 4 rings (SSSR count). The number of piperidine rings is 1. The van der Waals surface area contributed by atoms with Crippen molar-refractivity contribution < 1.29 is 4.52 Å². The normalized spacial score (nSPS) is 19.2. The molecule has 0 amide bonds. The van der Waals surface area contributed by atoms with Crippen LogP contribution in [0, 0.1) is 13.8 Å². The van der Waals surface area contributed by atoms with Crippen molar-refractivity contribution in [2.75, 3.05) is 6.54 Å². The molecule has 0 radical (unpaired) electrons. The predicted molar refractivity (Wildman–Crippen MR) is 88.8 cm³/mol. The van der Waals surface area contributed by atoms with E-state index in [2.05, 4.69) is 15.2 Å². The van der Waals surface area contributed by atoms with E-state index in [1.54, 1.807) is 6.07 Å². The van der Waals surface area contributed by atoms with Gasteiger partial charge in [0.2, 0.25) is 0 Å². The summed E-state index contributed by atoms with van der Waals surface area (Å²) in [5.74, 6) is 0.819. The molecular formula is C17H21N5O2. The zero-order chi connectivity index (χ0) is 16.7. The molecule has 24 heavy (non-hydrogen) atoms. The average molecular weight is 327 g/mol. The summed E-state index contributed by atoms with van der Waals surface area (Å²) in [5, 5.41) is 7.12. The van der Waals surface area contributed by atoms with Gasteiger partial charge in [0.1, 0.15) is 5.76 Å². The van der Waals surface area contributed by atoms with Crippen molar-refractivity contribution in [1.82, 2.24) is 24.7 Å². The van der Waals surface area contributed by atoms with E-state index >= 15 is 0 Å². The van der Waals surface area contributed by atoms with Gasteiger partial charge in [-0.05, 0) is 33.2 Å². The fourth-order valence-electron chi connectivity index (χ4n) is 3.52. The van der Waals surface area contributed by atoms with E-state index < -0.39 is 0 Å². The third kappa shape index (κ3) is 2.75. The van der Waals surface area contributed by atoms with Gasteiger partial charge in [-0.2, -0.15) is 0 Å². The zero-order valence-electron chi connectivity index (χ0n) is 14.0. The Hall–Kier alpha value is -2.41. The molecule has 1 atom stereocenters. The minimum absolute atomic E-state index is 0.0640. The van der Waals surface area contributed by atoms with E-state index in [0.717, 1.165) is 55.2 Å². The van der Waals surface area contributed by atoms with Crippen LogP contribution in [0.3, 0.4) is 0 Å². The Bertz CT molecular complexity index is 923. The Balaban J connectivity index is 1.68. The van der Waals surface area contributed by atoms with E-state index in [4.69, 9.17) is 9.51 Å². The van der Waals surface area contributed by atoms with Gasteiger partial charge in [0, 0.05) is 30.4 Å². The number of likely N-dealkylation sites (tertiary alicyclic amines) is 1. The first kappa shape index (κ1) is 15.1. The highest BCUT2D eigenvalue weighted by molar-refractivity contribution is 5.39. The second-order valence-electron chi connectivity index (χ2n) is 6.56. The van der Waals surface area contributed by atoms with Gasteiger partial charge >= 0.3 is 0 Å². The monoisotopic (exact) mass is 327 g/mol. The number of nitrogens with zero attached hydrogens (tertiary/aromatic N) is 4. The standard InChI is InChI=1S/C17H21N5O2/c1-11-7-16-18-14(9-17(23)22(16)19-11)15-5-3-4-6-21(15)10-13-8-12(2)24-20-13/h7-9,15,19H,3-6,10H2,1-2H3. The highest BCUT2D eigenvalue weighted by atomic mass is 16.5. The molecule has 1 unspecified atom stereocenters. The van der Waals surface area contributed by atoms with Crippen molar-refractivity contribution in [3.05, 3.63) is 51.4 Å². The summed E-state index contributed by atoms with van der Waals surface area (Å²) in [6.07, 6.45) is 3.30. The summed E-state index contributed by atoms with van der Waals surface area (Å²) in [7, 11) is 0. The van der Waals surface area contributed by atoms with Crippen LogP contribution in [0.4, 0.5) is 0 Å². The van der Waals surface area contributed by atoms with Crippen LogP contribution in [0.25, 0.3) is 5.65 Å². The van der Waals surface area contributed by atoms with Crippen molar-refractivity contribution in [1.29, 1.82) is 0 Å². The molecule has 1 aliphatic heterocycles. The quantitative estimate of drug-likeness (QED) is 0.799. The minimum atomic E-state index is -0.0640. The lowest BCUT2D eigenvalue weighted by atomic mass is 9.99. The molecule has 7 heteroatoms. The molecule has 3 aromatic heterocycles. The van der Waals surface area contributed by atoms with Crippen molar-refractivity contribution in [3.63, 3.8) is 0 Å². The molecule has 1 fully saturated rings. The number of nitrogens with one attached hydrogen (secondary N) is 1. The molecule has 0 saturated carbocycles. The maximum Gasteiger partial charge on any atom is 0.272 e. The lowest BCUT2D eigenvalue weighted by molar-refractivity contribution is 0.134. The lowest BCUT2D eigenvalue weighted by Gasteiger charge is -2.34. The molecule has 7 nitrogen and oxygen atoms in total. The maximum atomic E-state index is 12.4. The topological polar surface area (TPSA) is 79.4 Å². The molecule has 1 aliphatic rings. The number of hydrogen-bond acceptors (Lipinski definition) is 5. The maximum absolute atomic E-state index is 12.4. The molecule has 1 N–H and O–H groups in total. The molecule has 4 heterocycles. The third-order valence-electron chi connectivity index (χ3n) is 4.60. The number of aryl methyl sites for hydroxylation is 2. The summed E-state index contributed by atoms with van der Waals surface area (Å²) in [6.45, 7) is 5.52. The third-order valence-corrected chi connectivity index (χ3v) is 4.60. The molecule has 0 aromatic carbocycles. The molecule has 0 aliphatic carbocycles. The Kier molecular flexibility index (Phi) is 3.72. The Morgan fingerprint density at radius 3 is 2.96 bits per heavy atom. The first-order chi connectivity index (χ1) is 11.6. The number of aromatic amines is 1. The fourth-order valence-corrected chi connectivity index (χ4v) is 3.52. The van der Waals surface area contributed by atoms with Gasteiger partial charge in [-0.3, -0.25) is 14.8 Å². The highest BCUT2D eigenvalue weighted by Crippen LogP contribution is 2.30. The summed E-state index contributed by atoms with van der Waals surface area (Å²) >= 11 is 0. The summed E-state index contributed by atoms with van der Waals surface area (Å²) in [4.78, 5) is 19.4. The number of hydrogen-bond donors (Lipinski definition) is 1. The van der Waals surface area contributed by atoms with Crippen LogP contribution < -0.4 is 5.56 Å². The van der Waals surface area contributed by atoms with Crippen LogP contribution in [-0.4, -0.2) is 31.2 Å². The van der Waals surface area contributed by atoms with Gasteiger partial charge in [0.15, 0.2) is 5.65 Å². The number of rotatable bonds is 3. The Morgan fingerprint density at radius 2 is 2.17 bits per heavy atom. The first-order valence-electron chi connectivity index (χ1n) is 8.36. The van der Waals surface area contributed by atoms with Crippen molar-refractivity contribution in [3.8, 4) is 0 Å². The Labute approximate surface area is 139 Å². The van der Waals surface area contributed by atoms with Gasteiger partial charge in [0.05, 0.1) is 17.4 Å². The number of H-pyrrole nitrogens is 1. The smallest absolute Gasteiger partial charge is 0.272 e. The molecular weight excluding hydrogens is 306 g/mol. The van der Waals surface area contributed by atoms with Crippen molar-refractivity contribution >= 4 is 5.65 Å². The summed E-state index contributed by atoms with van der Waals surface area (Å²) < 4.78 is 6.67. The van der Waals surface area contributed by atoms with Gasteiger partial charge in [-0.1, -0.05) is 11.6 Å². The molecule has 126 valence electrons. The van der Waals surface area contributed by atoms with Crippen LogP contribution in [0.2, 0.25) is 0 Å². The van der Waals surface area contributed by atoms with E-state index in [1.807, 2.05) is 26.0 Å². The van der Waals surface area contributed by atoms with Gasteiger partial charge < -0.3 is 4.52 Å². The molecule has 0 spiro atoms. The molecule has 1 saturated heterocycles. The molecule has 3 aromatic rings. The zero-order valence-corrected chi connectivity index (χ0v) is 14.0. The average Bonchev–Trinajstić information content (AvgIpc) is 3.13. The summed E-state index contributed by atoms with van der Waals surface area (Å²) in [6, 6.07) is 5.66. The second-order valence-corrected chi connectivity index (χ2v) is 6.56. The molecule has 0 bridgehead atoms. The van der Waals surface area contributed by atoms with Crippen LogP contribution in [0.1, 0.15) is 48.1 Å².